The summed E-state index contributed by atoms with van der Waals surface area (Å²) in [6.45, 7) is 0.689. The summed E-state index contributed by atoms with van der Waals surface area (Å²) in [7, 11) is 0. The lowest BCUT2D eigenvalue weighted by atomic mass is 9.80. The molecule has 4 atom stereocenters. The van der Waals surface area contributed by atoms with Gasteiger partial charge in [-0.25, -0.2) is 0 Å². The van der Waals surface area contributed by atoms with Crippen LogP contribution in [0.2, 0.25) is 0 Å². The van der Waals surface area contributed by atoms with Crippen LogP contribution in [0.5, 0.6) is 0 Å². The van der Waals surface area contributed by atoms with E-state index in [0.29, 0.717) is 12.4 Å². The summed E-state index contributed by atoms with van der Waals surface area (Å²) in [5.74, 6) is 0.840. The number of Topliss-reactive ketones (excluding diaryl/α,β-unsaturated/α-hetero) is 1. The van der Waals surface area contributed by atoms with Gasteiger partial charge in [0.15, 0.2) is 5.78 Å². The minimum atomic E-state index is -0.447. The van der Waals surface area contributed by atoms with E-state index in [9.17, 15) is 14.7 Å². The SMILES string of the molecule is O=C(C1SCN[C@@H]1C(=O)N1CCC[C@H]1CO)[C@H]1CCc2ccccc2C1. The molecule has 0 saturated carbocycles. The van der Waals surface area contributed by atoms with Crippen LogP contribution in [0.15, 0.2) is 24.3 Å². The van der Waals surface area contributed by atoms with Crippen LogP contribution >= 0.6 is 11.8 Å². The maximum Gasteiger partial charge on any atom is 0.241 e. The van der Waals surface area contributed by atoms with Gasteiger partial charge in [0, 0.05) is 18.3 Å². The average molecular weight is 375 g/mol. The summed E-state index contributed by atoms with van der Waals surface area (Å²) in [4.78, 5) is 28.0. The smallest absolute Gasteiger partial charge is 0.241 e. The molecule has 0 spiro atoms. The highest BCUT2D eigenvalue weighted by atomic mass is 32.2. The lowest BCUT2D eigenvalue weighted by Crippen LogP contribution is -2.52. The minimum Gasteiger partial charge on any atom is -0.394 e. The zero-order chi connectivity index (χ0) is 18.1. The summed E-state index contributed by atoms with van der Waals surface area (Å²) >= 11 is 1.56. The van der Waals surface area contributed by atoms with Gasteiger partial charge in [0.05, 0.1) is 17.9 Å². The number of thioether (sulfide) groups is 1. The highest BCUT2D eigenvalue weighted by Gasteiger charge is 2.44. The molecule has 2 saturated heterocycles. The Hall–Kier alpha value is -1.37. The molecule has 6 heteroatoms. The van der Waals surface area contributed by atoms with Gasteiger partial charge in [-0.05, 0) is 43.2 Å². The molecule has 3 aliphatic rings. The van der Waals surface area contributed by atoms with Gasteiger partial charge in [0.25, 0.3) is 0 Å². The molecular formula is C20H26N2O3S. The molecule has 1 aromatic rings. The minimum absolute atomic E-state index is 0.00360. The summed E-state index contributed by atoms with van der Waals surface area (Å²) in [6, 6.07) is 7.82. The van der Waals surface area contributed by atoms with Crippen molar-refractivity contribution in [2.45, 2.75) is 49.4 Å². The number of nitrogens with zero attached hydrogens (tertiary/aromatic N) is 1. The molecular weight excluding hydrogens is 348 g/mol. The predicted octanol–water partition coefficient (Wildman–Crippen LogP) is 1.37. The van der Waals surface area contributed by atoms with Crippen molar-refractivity contribution in [2.75, 3.05) is 19.0 Å². The molecule has 2 fully saturated rings. The van der Waals surface area contributed by atoms with Gasteiger partial charge in [0.1, 0.15) is 6.04 Å². The molecule has 0 radical (unpaired) electrons. The number of carbonyl (C=O) groups is 2. The number of hydrogen-bond donors (Lipinski definition) is 2. The fourth-order valence-corrected chi connectivity index (χ4v) is 5.78. The van der Waals surface area contributed by atoms with Gasteiger partial charge in [-0.1, -0.05) is 24.3 Å². The number of likely N-dealkylation sites (tertiary alicyclic amines) is 1. The van der Waals surface area contributed by atoms with Gasteiger partial charge in [-0.3, -0.25) is 14.9 Å². The predicted molar refractivity (Wildman–Crippen MR) is 102 cm³/mol. The van der Waals surface area contributed by atoms with Crippen molar-refractivity contribution in [1.29, 1.82) is 0 Å². The Morgan fingerprint density at radius 3 is 2.85 bits per heavy atom. The van der Waals surface area contributed by atoms with Gasteiger partial charge >= 0.3 is 0 Å². The fourth-order valence-electron chi connectivity index (χ4n) is 4.56. The Morgan fingerprint density at radius 1 is 1.23 bits per heavy atom. The van der Waals surface area contributed by atoms with Crippen molar-refractivity contribution in [3.8, 4) is 0 Å². The summed E-state index contributed by atoms with van der Waals surface area (Å²) in [5.41, 5.74) is 2.63. The molecule has 1 amide bonds. The zero-order valence-corrected chi connectivity index (χ0v) is 15.7. The highest BCUT2D eigenvalue weighted by Crippen LogP contribution is 2.33. The van der Waals surface area contributed by atoms with Crippen LogP contribution in [0.4, 0.5) is 0 Å². The lowest BCUT2D eigenvalue weighted by Gasteiger charge is -2.30. The van der Waals surface area contributed by atoms with Crippen molar-refractivity contribution in [3.05, 3.63) is 35.4 Å². The molecule has 140 valence electrons. The van der Waals surface area contributed by atoms with Crippen LogP contribution in [0, 0.1) is 5.92 Å². The number of nitrogens with one attached hydrogen (secondary N) is 1. The lowest BCUT2D eigenvalue weighted by molar-refractivity contribution is -0.137. The van der Waals surface area contributed by atoms with Gasteiger partial charge < -0.3 is 10.0 Å². The van der Waals surface area contributed by atoms with Crippen molar-refractivity contribution in [1.82, 2.24) is 10.2 Å². The molecule has 0 aromatic heterocycles. The Morgan fingerprint density at radius 2 is 2.04 bits per heavy atom. The van der Waals surface area contributed by atoms with Crippen molar-refractivity contribution < 1.29 is 14.7 Å². The largest absolute Gasteiger partial charge is 0.394 e. The first-order valence-corrected chi connectivity index (χ1v) is 10.6. The van der Waals surface area contributed by atoms with Crippen LogP contribution in [-0.4, -0.2) is 58.1 Å². The van der Waals surface area contributed by atoms with Gasteiger partial charge in [-0.2, -0.15) is 0 Å². The Balaban J connectivity index is 1.46. The third kappa shape index (κ3) is 3.30. The number of benzene rings is 1. The van der Waals surface area contributed by atoms with Crippen LogP contribution in [0.3, 0.4) is 0 Å². The van der Waals surface area contributed by atoms with E-state index in [2.05, 4.69) is 23.5 Å². The maximum atomic E-state index is 13.2. The topological polar surface area (TPSA) is 69.6 Å². The number of aliphatic hydroxyl groups excluding tert-OH is 1. The second-order valence-electron chi connectivity index (χ2n) is 7.53. The Kier molecular flexibility index (Phi) is 5.34. The molecule has 26 heavy (non-hydrogen) atoms. The molecule has 2 N–H and O–H groups in total. The van der Waals surface area contributed by atoms with Crippen molar-refractivity contribution >= 4 is 23.5 Å². The highest BCUT2D eigenvalue weighted by molar-refractivity contribution is 8.00. The number of amides is 1. The molecule has 2 aliphatic heterocycles. The summed E-state index contributed by atoms with van der Waals surface area (Å²) < 4.78 is 0. The van der Waals surface area contributed by atoms with Gasteiger partial charge in [0.2, 0.25) is 5.91 Å². The van der Waals surface area contributed by atoms with E-state index >= 15 is 0 Å². The number of hydrogen-bond acceptors (Lipinski definition) is 5. The molecule has 1 aliphatic carbocycles. The third-order valence-corrected chi connectivity index (χ3v) is 7.23. The molecule has 0 bridgehead atoms. The first-order chi connectivity index (χ1) is 12.7. The van der Waals surface area contributed by atoms with Crippen LogP contribution < -0.4 is 5.32 Å². The molecule has 1 unspecified atom stereocenters. The third-order valence-electron chi connectivity index (χ3n) is 6.04. The van der Waals surface area contributed by atoms with Gasteiger partial charge in [-0.15, -0.1) is 11.8 Å². The first-order valence-electron chi connectivity index (χ1n) is 9.56. The fraction of sp³-hybridized carbons (Fsp3) is 0.600. The second kappa shape index (κ2) is 7.71. The number of fused-ring (bicyclic) bond motifs is 1. The normalized spacial score (nSPS) is 31.0. The second-order valence-corrected chi connectivity index (χ2v) is 8.66. The maximum absolute atomic E-state index is 13.2. The van der Waals surface area contributed by atoms with Crippen LogP contribution in [0.25, 0.3) is 0 Å². The molecule has 4 rings (SSSR count). The van der Waals surface area contributed by atoms with E-state index in [1.54, 1.807) is 16.7 Å². The van der Waals surface area contributed by atoms with Crippen molar-refractivity contribution in [3.63, 3.8) is 0 Å². The van der Waals surface area contributed by atoms with Crippen LogP contribution in [0.1, 0.15) is 30.4 Å². The number of aryl methyl sites for hydroxylation is 1. The summed E-state index contributed by atoms with van der Waals surface area (Å²) in [5, 5.41) is 12.4. The number of aliphatic hydroxyl groups is 1. The van der Waals surface area contributed by atoms with Crippen molar-refractivity contribution in [2.24, 2.45) is 5.92 Å². The quantitative estimate of drug-likeness (QED) is 0.833. The Bertz CT molecular complexity index is 695. The molecule has 5 nitrogen and oxygen atoms in total. The number of rotatable bonds is 4. The van der Waals surface area contributed by atoms with E-state index in [-0.39, 0.29) is 35.5 Å². The van der Waals surface area contributed by atoms with E-state index < -0.39 is 6.04 Å². The summed E-state index contributed by atoms with van der Waals surface area (Å²) in [6.07, 6.45) is 4.37. The van der Waals surface area contributed by atoms with E-state index in [1.807, 2.05) is 6.07 Å². The molecule has 2 heterocycles. The standard InChI is InChI=1S/C20H26N2O3S/c23-11-16-6-3-9-22(16)20(25)17-19(26-12-21-17)18(24)15-8-7-13-4-1-2-5-14(13)10-15/h1-2,4-5,15-17,19,21,23H,3,6-12H2/t15-,16-,17-,19?/m0/s1. The van der Waals surface area contributed by atoms with E-state index in [1.165, 1.54) is 11.1 Å². The van der Waals surface area contributed by atoms with Crippen LogP contribution in [-0.2, 0) is 22.4 Å². The number of ketones is 1. The Labute approximate surface area is 158 Å². The van der Waals surface area contributed by atoms with E-state index in [4.69, 9.17) is 0 Å². The first kappa shape index (κ1) is 18.0. The number of carbonyl (C=O) groups excluding carboxylic acids is 2. The zero-order valence-electron chi connectivity index (χ0n) is 14.9. The monoisotopic (exact) mass is 374 g/mol. The molecule has 1 aromatic carbocycles. The van der Waals surface area contributed by atoms with E-state index in [0.717, 1.165) is 32.1 Å². The average Bonchev–Trinajstić information content (AvgIpc) is 3.35.